The fourth-order valence-electron chi connectivity index (χ4n) is 3.75. The molecule has 2 aromatic rings. The Morgan fingerprint density at radius 2 is 2.27 bits per heavy atom. The molecule has 0 amide bonds. The van der Waals surface area contributed by atoms with E-state index < -0.39 is 0 Å². The highest BCUT2D eigenvalue weighted by Crippen LogP contribution is 2.46. The zero-order valence-electron chi connectivity index (χ0n) is 14.3. The van der Waals surface area contributed by atoms with Gasteiger partial charge in [0, 0.05) is 35.6 Å². The van der Waals surface area contributed by atoms with Gasteiger partial charge < -0.3 is 15.8 Å². The number of ether oxygens (including phenoxy) is 1. The number of hydrogen-bond acceptors (Lipinski definition) is 7. The van der Waals surface area contributed by atoms with Crippen molar-refractivity contribution in [2.45, 2.75) is 30.9 Å². The molecule has 4 heterocycles. The zero-order valence-corrected chi connectivity index (χ0v) is 15.9. The lowest BCUT2D eigenvalue weighted by molar-refractivity contribution is -0.0836. The minimum absolute atomic E-state index is 0.0107. The van der Waals surface area contributed by atoms with Crippen LogP contribution in [0.4, 0.5) is 5.69 Å². The van der Waals surface area contributed by atoms with Crippen LogP contribution in [0, 0.1) is 0 Å². The Balaban J connectivity index is 1.56. The number of nitrogens with one attached hydrogen (secondary N) is 1. The monoisotopic (exact) mass is 391 g/mol. The molecule has 0 aliphatic carbocycles. The quantitative estimate of drug-likeness (QED) is 0.550. The molecule has 8 heteroatoms. The van der Waals surface area contributed by atoms with Crippen molar-refractivity contribution in [1.29, 1.82) is 0 Å². The van der Waals surface area contributed by atoms with Gasteiger partial charge in [0.15, 0.2) is 0 Å². The van der Waals surface area contributed by atoms with Crippen molar-refractivity contribution in [3.63, 3.8) is 0 Å². The van der Waals surface area contributed by atoms with Gasteiger partial charge in [-0.15, -0.1) is 11.3 Å². The number of pyridine rings is 1. The molecule has 0 saturated carbocycles. The Bertz CT molecular complexity index is 811. The Kier molecular flexibility index (Phi) is 4.90. The van der Waals surface area contributed by atoms with E-state index in [-0.39, 0.29) is 11.6 Å². The smallest absolute Gasteiger partial charge is 0.106 e. The molecule has 6 nitrogen and oxygen atoms in total. The molecule has 2 aromatic heterocycles. The highest BCUT2D eigenvalue weighted by Gasteiger charge is 2.44. The first-order valence-corrected chi connectivity index (χ1v) is 9.84. The summed E-state index contributed by atoms with van der Waals surface area (Å²) in [5, 5.41) is 5.01. The summed E-state index contributed by atoms with van der Waals surface area (Å²) in [7, 11) is 0. The molecule has 2 atom stereocenters. The van der Waals surface area contributed by atoms with Crippen LogP contribution in [-0.2, 0) is 16.8 Å². The van der Waals surface area contributed by atoms with Crippen molar-refractivity contribution in [3.05, 3.63) is 57.3 Å². The maximum absolute atomic E-state index is 6.38. The van der Waals surface area contributed by atoms with Crippen LogP contribution in [0.3, 0.4) is 0 Å². The molecule has 0 bridgehead atoms. The number of halogens is 1. The van der Waals surface area contributed by atoms with E-state index in [9.17, 15) is 0 Å². The minimum atomic E-state index is -0.310. The Morgan fingerprint density at radius 3 is 3.08 bits per heavy atom. The minimum Gasteiger partial charge on any atom is -0.400 e. The number of nitrogens with two attached hydrogens (primary N) is 2. The topological polar surface area (TPSA) is 89.4 Å². The van der Waals surface area contributed by atoms with Crippen LogP contribution >= 0.6 is 22.9 Å². The predicted molar refractivity (Wildman–Crippen MR) is 105 cm³/mol. The molecule has 1 fully saturated rings. The van der Waals surface area contributed by atoms with Gasteiger partial charge in [-0.2, -0.15) is 0 Å². The van der Waals surface area contributed by atoms with Gasteiger partial charge in [0.05, 0.1) is 22.7 Å². The molecule has 26 heavy (non-hydrogen) atoms. The number of thiophene rings is 1. The molecule has 0 aromatic carbocycles. The largest absolute Gasteiger partial charge is 0.400 e. The lowest BCUT2D eigenvalue weighted by Crippen LogP contribution is -2.51. The number of hydrazine groups is 1. The molecule has 0 radical (unpaired) electrons. The second-order valence-electron chi connectivity index (χ2n) is 6.70. The lowest BCUT2D eigenvalue weighted by atomic mass is 9.82. The van der Waals surface area contributed by atoms with Crippen molar-refractivity contribution in [3.8, 4) is 0 Å². The number of anilines is 1. The van der Waals surface area contributed by atoms with E-state index in [2.05, 4.69) is 16.4 Å². The van der Waals surface area contributed by atoms with E-state index >= 15 is 0 Å². The molecule has 1 unspecified atom stereocenters. The van der Waals surface area contributed by atoms with Crippen molar-refractivity contribution in [1.82, 2.24) is 10.3 Å². The predicted octanol–water partition coefficient (Wildman–Crippen LogP) is 2.50. The second-order valence-corrected chi connectivity index (χ2v) is 8.38. The number of hydrogen-bond donors (Lipinski definition) is 3. The van der Waals surface area contributed by atoms with Crippen LogP contribution in [0.1, 0.15) is 23.3 Å². The molecule has 2 aliphatic heterocycles. The number of rotatable bonds is 3. The highest BCUT2D eigenvalue weighted by molar-refractivity contribution is 7.16. The van der Waals surface area contributed by atoms with Gasteiger partial charge >= 0.3 is 0 Å². The SMILES string of the molecule is N/C(=C\N(N)c1ccncc1)[C@@H]1CC2(CCN1)OCCc1cc(Cl)sc12. The third-order valence-electron chi connectivity index (χ3n) is 5.05. The van der Waals surface area contributed by atoms with Gasteiger partial charge in [-0.05, 0) is 43.1 Å². The number of fused-ring (bicyclic) bond motifs is 2. The summed E-state index contributed by atoms with van der Waals surface area (Å²) in [6.45, 7) is 1.55. The van der Waals surface area contributed by atoms with E-state index in [4.69, 9.17) is 27.9 Å². The fraction of sp³-hybridized carbons (Fsp3) is 0.389. The van der Waals surface area contributed by atoms with Crippen molar-refractivity contribution in [2.24, 2.45) is 11.6 Å². The van der Waals surface area contributed by atoms with Crippen LogP contribution < -0.4 is 21.9 Å². The van der Waals surface area contributed by atoms with Gasteiger partial charge in [0.25, 0.3) is 0 Å². The van der Waals surface area contributed by atoms with Gasteiger partial charge in [-0.25, -0.2) is 5.84 Å². The maximum Gasteiger partial charge on any atom is 0.106 e. The van der Waals surface area contributed by atoms with Crippen molar-refractivity contribution >= 4 is 28.6 Å². The average Bonchev–Trinajstić information content (AvgIpc) is 3.05. The number of piperidine rings is 1. The van der Waals surface area contributed by atoms with Crippen LogP contribution in [0.25, 0.3) is 0 Å². The summed E-state index contributed by atoms with van der Waals surface area (Å²) in [4.78, 5) is 5.26. The van der Waals surface area contributed by atoms with E-state index in [1.807, 2.05) is 12.1 Å². The molecule has 1 spiro atoms. The van der Waals surface area contributed by atoms with Crippen LogP contribution in [0.5, 0.6) is 0 Å². The van der Waals surface area contributed by atoms with Crippen LogP contribution in [-0.4, -0.2) is 24.2 Å². The summed E-state index contributed by atoms with van der Waals surface area (Å²) in [6, 6.07) is 5.74. The van der Waals surface area contributed by atoms with Crippen LogP contribution in [0.2, 0.25) is 4.34 Å². The van der Waals surface area contributed by atoms with Crippen LogP contribution in [0.15, 0.2) is 42.5 Å². The Labute approximate surface area is 161 Å². The third kappa shape index (κ3) is 3.33. The summed E-state index contributed by atoms with van der Waals surface area (Å²) in [6.07, 6.45) is 7.76. The number of nitrogens with zero attached hydrogens (tertiary/aromatic N) is 2. The lowest BCUT2D eigenvalue weighted by Gasteiger charge is -2.43. The summed E-state index contributed by atoms with van der Waals surface area (Å²) in [5.74, 6) is 6.13. The fourth-order valence-corrected chi connectivity index (χ4v) is 5.24. The van der Waals surface area contributed by atoms with E-state index in [0.717, 1.165) is 42.4 Å². The third-order valence-corrected chi connectivity index (χ3v) is 6.54. The highest BCUT2D eigenvalue weighted by atomic mass is 35.5. The Hall–Kier alpha value is -1.64. The second kappa shape index (κ2) is 7.17. The molecule has 1 saturated heterocycles. The van der Waals surface area contributed by atoms with Gasteiger partial charge in [-0.1, -0.05) is 11.6 Å². The Morgan fingerprint density at radius 1 is 1.46 bits per heavy atom. The van der Waals surface area contributed by atoms with E-state index in [1.54, 1.807) is 29.9 Å². The zero-order chi connectivity index (χ0) is 18.1. The summed E-state index contributed by atoms with van der Waals surface area (Å²) in [5.41, 5.74) is 8.90. The average molecular weight is 392 g/mol. The molecule has 4 rings (SSSR count). The first-order valence-electron chi connectivity index (χ1n) is 8.64. The normalized spacial score (nSPS) is 25.9. The molecule has 2 aliphatic rings. The molecule has 5 N–H and O–H groups in total. The summed E-state index contributed by atoms with van der Waals surface area (Å²) >= 11 is 7.90. The number of aromatic nitrogens is 1. The standard InChI is InChI=1S/C18H22ClN5OS/c19-16-9-12-3-8-25-18(17(12)26-16)4-7-23-15(10-18)14(20)11-24(21)13-1-5-22-6-2-13/h1-2,5-6,9,11,15,23H,3-4,7-8,10,20-21H2/b14-11-/t15-,18?/m0/s1. The van der Waals surface area contributed by atoms with Gasteiger partial charge in [0.1, 0.15) is 5.60 Å². The van der Waals surface area contributed by atoms with Gasteiger partial charge in [0.2, 0.25) is 0 Å². The molecular weight excluding hydrogens is 370 g/mol. The van der Waals surface area contributed by atoms with E-state index in [1.165, 1.54) is 15.4 Å². The van der Waals surface area contributed by atoms with E-state index in [0.29, 0.717) is 5.70 Å². The van der Waals surface area contributed by atoms with Crippen molar-refractivity contribution < 1.29 is 4.74 Å². The first kappa shape index (κ1) is 17.8. The molecular formula is C18H22ClN5OS. The van der Waals surface area contributed by atoms with Crippen molar-refractivity contribution in [2.75, 3.05) is 18.2 Å². The summed E-state index contributed by atoms with van der Waals surface area (Å²) < 4.78 is 7.12. The maximum atomic E-state index is 6.38. The molecule has 138 valence electrons. The van der Waals surface area contributed by atoms with Gasteiger partial charge in [-0.3, -0.25) is 9.99 Å². The first-order chi connectivity index (χ1) is 12.6.